The molecular formula is C8H9ClILiZn. The van der Waals surface area contributed by atoms with Gasteiger partial charge in [-0.05, 0) is 0 Å². The van der Waals surface area contributed by atoms with E-state index in [1.165, 1.54) is 20.4 Å². The van der Waals surface area contributed by atoms with Gasteiger partial charge in [-0.25, -0.2) is 0 Å². The Morgan fingerprint density at radius 3 is 1.83 bits per heavy atom. The standard InChI is InChI=1S/C8H9.ClH.HI.Li.Zn/c1-2-8-6-4-3-5-7-8;;;;/h3-7H,1-2H2;2*1H;;/q-1;;;+1;+2/p-2. The quantitative estimate of drug-likeness (QED) is 0.290. The number of hydrogen-bond acceptors (Lipinski definition) is 0. The zero-order chi connectivity index (χ0) is 7.82. The van der Waals surface area contributed by atoms with Crippen molar-refractivity contribution in [3.63, 3.8) is 0 Å². The zero-order valence-corrected chi connectivity index (χ0v) is 13.1. The van der Waals surface area contributed by atoms with Gasteiger partial charge < -0.3 is 19.3 Å². The first-order valence-electron chi connectivity index (χ1n) is 3.03. The molecule has 12 heavy (non-hydrogen) atoms. The number of benzene rings is 1. The molecule has 0 heterocycles. The van der Waals surface area contributed by atoms with Gasteiger partial charge in [-0.3, -0.25) is 0 Å². The summed E-state index contributed by atoms with van der Waals surface area (Å²) in [6.07, 6.45) is 0.890. The fraction of sp³-hybridized carbons (Fsp3) is 0.125. The molecule has 0 saturated heterocycles. The van der Waals surface area contributed by atoms with Crippen molar-refractivity contribution in [2.75, 3.05) is 0 Å². The predicted molar refractivity (Wildman–Crippen MR) is 49.5 cm³/mol. The van der Waals surface area contributed by atoms with Crippen LogP contribution < -0.4 is 31.3 Å². The molecule has 0 radical (unpaired) electrons. The first-order chi connectivity index (χ1) is 4.93. The van der Waals surface area contributed by atoms with Crippen LogP contribution >= 0.6 is 19.8 Å². The van der Waals surface area contributed by atoms with E-state index in [9.17, 15) is 0 Å². The van der Waals surface area contributed by atoms with Crippen LogP contribution in [0.4, 0.5) is 0 Å². The molecule has 58 valence electrons. The fourth-order valence-electron chi connectivity index (χ4n) is 0.645. The summed E-state index contributed by atoms with van der Waals surface area (Å²) in [4.78, 5) is 0. The van der Waals surface area contributed by atoms with Gasteiger partial charge in [0.25, 0.3) is 0 Å². The number of rotatable bonds is 1. The van der Waals surface area contributed by atoms with Crippen molar-refractivity contribution in [3.8, 4) is 0 Å². The van der Waals surface area contributed by atoms with Crippen molar-refractivity contribution in [2.45, 2.75) is 6.42 Å². The molecule has 1 rings (SSSR count). The van der Waals surface area contributed by atoms with Crippen molar-refractivity contribution >= 4 is 19.8 Å². The molecule has 0 N–H and O–H groups in total. The summed E-state index contributed by atoms with van der Waals surface area (Å²) in [6.45, 7) is 3.76. The van der Waals surface area contributed by atoms with E-state index < -0.39 is 0 Å². The van der Waals surface area contributed by atoms with Crippen LogP contribution in [-0.4, -0.2) is 0 Å². The van der Waals surface area contributed by atoms with Crippen molar-refractivity contribution in [3.05, 3.63) is 42.8 Å². The molecule has 0 fully saturated rings. The molecule has 0 unspecified atom stereocenters. The van der Waals surface area contributed by atoms with Crippen molar-refractivity contribution in [1.29, 1.82) is 0 Å². The van der Waals surface area contributed by atoms with Crippen LogP contribution in [0, 0.1) is 6.92 Å². The van der Waals surface area contributed by atoms with Crippen LogP contribution in [0.3, 0.4) is 0 Å². The normalized spacial score (nSPS) is 6.67. The van der Waals surface area contributed by atoms with Gasteiger partial charge in [-0.15, -0.1) is 0 Å². The van der Waals surface area contributed by atoms with Crippen molar-refractivity contribution in [2.24, 2.45) is 0 Å². The Morgan fingerprint density at radius 2 is 1.58 bits per heavy atom. The third kappa shape index (κ3) is 9.55. The monoisotopic (exact) mass is 338 g/mol. The summed E-state index contributed by atoms with van der Waals surface area (Å²) in [5.41, 5.74) is 1.30. The van der Waals surface area contributed by atoms with E-state index in [-0.39, 0.29) is 31.3 Å². The number of hydrogen-bond donors (Lipinski definition) is 0. The molecule has 1 aromatic carbocycles. The Hall–Kier alpha value is 1.46. The molecule has 4 heteroatoms. The minimum atomic E-state index is 0. The van der Waals surface area contributed by atoms with Gasteiger partial charge in [0.1, 0.15) is 0 Å². The van der Waals surface area contributed by atoms with E-state index in [0.29, 0.717) is 0 Å². The van der Waals surface area contributed by atoms with Crippen LogP contribution in [-0.2, 0) is 21.2 Å². The Balaban J connectivity index is -0.000000189. The second kappa shape index (κ2) is 15.0. The third-order valence-electron chi connectivity index (χ3n) is 1.13. The molecular weight excluding hydrogens is 331 g/mol. The van der Waals surface area contributed by atoms with Gasteiger partial charge in [0.05, 0.1) is 0 Å². The second-order valence-corrected chi connectivity index (χ2v) is 1.74. The van der Waals surface area contributed by atoms with E-state index in [0.717, 1.165) is 6.42 Å². The first kappa shape index (κ1) is 19.1. The van der Waals surface area contributed by atoms with E-state index in [1.807, 2.05) is 18.2 Å². The molecule has 0 bridgehead atoms. The maximum atomic E-state index is 3.76. The Kier molecular flexibility index (Phi) is 23.8. The van der Waals surface area contributed by atoms with Crippen molar-refractivity contribution in [1.82, 2.24) is 0 Å². The average molecular weight is 340 g/mol. The van der Waals surface area contributed by atoms with Gasteiger partial charge in [-0.2, -0.15) is 6.42 Å². The van der Waals surface area contributed by atoms with Gasteiger partial charge >= 0.3 is 53.4 Å². The first-order valence-corrected chi connectivity index (χ1v) is 12.1. The van der Waals surface area contributed by atoms with Gasteiger partial charge in [0, 0.05) is 0 Å². The molecule has 0 amide bonds. The fourth-order valence-corrected chi connectivity index (χ4v) is 0.645. The minimum absolute atomic E-state index is 0. The number of halogens is 2. The average Bonchev–Trinajstić information content (AvgIpc) is 2.10. The molecule has 0 aromatic heterocycles. The van der Waals surface area contributed by atoms with Crippen LogP contribution in [0.1, 0.15) is 5.56 Å². The molecule has 1 aromatic rings. The summed E-state index contributed by atoms with van der Waals surface area (Å²) in [6, 6.07) is 10.2. The van der Waals surface area contributed by atoms with E-state index in [1.54, 1.807) is 0 Å². The van der Waals surface area contributed by atoms with E-state index in [4.69, 9.17) is 0 Å². The van der Waals surface area contributed by atoms with E-state index >= 15 is 0 Å². The van der Waals surface area contributed by atoms with Crippen molar-refractivity contribution < 1.29 is 46.1 Å². The molecule has 0 aliphatic heterocycles. The van der Waals surface area contributed by atoms with Crippen LogP contribution in [0.25, 0.3) is 0 Å². The molecule has 0 nitrogen and oxygen atoms in total. The van der Waals surface area contributed by atoms with Gasteiger partial charge in [-0.1, -0.05) is 35.9 Å². The summed E-state index contributed by atoms with van der Waals surface area (Å²) in [5.74, 6) is 0. The predicted octanol–water partition coefficient (Wildman–Crippen LogP) is -3.05. The summed E-state index contributed by atoms with van der Waals surface area (Å²) >= 11 is 3.62. The molecule has 0 aliphatic carbocycles. The van der Waals surface area contributed by atoms with Crippen LogP contribution in [0.2, 0.25) is 0 Å². The summed E-state index contributed by atoms with van der Waals surface area (Å²) in [5, 5.41) is 0. The molecule has 0 spiro atoms. The maximum absolute atomic E-state index is 3.76. The van der Waals surface area contributed by atoms with Gasteiger partial charge in [0.2, 0.25) is 0 Å². The topological polar surface area (TPSA) is 0 Å². The van der Waals surface area contributed by atoms with Crippen LogP contribution in [0.15, 0.2) is 30.3 Å². The Morgan fingerprint density at radius 1 is 1.17 bits per heavy atom. The second-order valence-electron chi connectivity index (χ2n) is 1.74. The SMILES string of the molecule is [CH2-]Cc1ccccc1.[Cl-].[Li+].[Zn+][I]. The zero-order valence-electron chi connectivity index (χ0n) is 7.26. The third-order valence-corrected chi connectivity index (χ3v) is 1.13. The molecule has 0 atom stereocenters. The van der Waals surface area contributed by atoms with Crippen LogP contribution in [0.5, 0.6) is 0 Å². The summed E-state index contributed by atoms with van der Waals surface area (Å²) < 4.78 is 0. The summed E-state index contributed by atoms with van der Waals surface area (Å²) in [7, 11) is 0. The van der Waals surface area contributed by atoms with Gasteiger partial charge in [0.15, 0.2) is 0 Å². The molecule has 0 saturated carbocycles. The Bertz CT molecular complexity index is 160. The van der Waals surface area contributed by atoms with E-state index in [2.05, 4.69) is 38.8 Å². The molecule has 0 aliphatic rings. The Labute approximate surface area is 114 Å².